The number of aromatic nitrogens is 2. The molecule has 1 aromatic rings. The zero-order valence-electron chi connectivity index (χ0n) is 10.3. The van der Waals surface area contributed by atoms with Crippen LogP contribution in [0.25, 0.3) is 0 Å². The van der Waals surface area contributed by atoms with Crippen LogP contribution in [0.15, 0.2) is 12.4 Å². The van der Waals surface area contributed by atoms with E-state index in [0.717, 1.165) is 31.8 Å². The molecule has 0 bridgehead atoms. The summed E-state index contributed by atoms with van der Waals surface area (Å²) in [6, 6.07) is 0. The molecule has 0 saturated carbocycles. The summed E-state index contributed by atoms with van der Waals surface area (Å²) in [6.07, 6.45) is 5.55. The van der Waals surface area contributed by atoms with Gasteiger partial charge < -0.3 is 15.2 Å². The molecule has 0 aliphatic carbocycles. The van der Waals surface area contributed by atoms with Crippen LogP contribution >= 0.6 is 0 Å². The van der Waals surface area contributed by atoms with Crippen LogP contribution in [0.4, 0.5) is 0 Å². The first-order chi connectivity index (χ1) is 8.22. The molecule has 0 fully saturated rings. The maximum Gasteiger partial charge on any atom is 0.225 e. The first-order valence-electron chi connectivity index (χ1n) is 6.21. The van der Waals surface area contributed by atoms with Gasteiger partial charge in [-0.1, -0.05) is 6.92 Å². The van der Waals surface area contributed by atoms with Crippen LogP contribution in [0.2, 0.25) is 0 Å². The van der Waals surface area contributed by atoms with Crippen molar-refractivity contribution in [2.24, 2.45) is 11.7 Å². The van der Waals surface area contributed by atoms with Gasteiger partial charge in [0, 0.05) is 31.4 Å². The molecule has 17 heavy (non-hydrogen) atoms. The van der Waals surface area contributed by atoms with Crippen LogP contribution in [-0.4, -0.2) is 33.4 Å². The number of amides is 1. The van der Waals surface area contributed by atoms with Crippen molar-refractivity contribution in [2.45, 2.75) is 32.9 Å². The molecule has 1 unspecified atom stereocenters. The highest BCUT2D eigenvalue weighted by Gasteiger charge is 2.24. The summed E-state index contributed by atoms with van der Waals surface area (Å²) in [6.45, 7) is 4.92. The fraction of sp³-hybridized carbons (Fsp3) is 0.667. The molecule has 2 rings (SSSR count). The molecule has 1 aliphatic rings. The minimum absolute atomic E-state index is 0.0695. The fourth-order valence-electron chi connectivity index (χ4n) is 2.22. The number of carbonyl (C=O) groups excluding carboxylic acids is 1. The molecule has 1 amide bonds. The summed E-state index contributed by atoms with van der Waals surface area (Å²) in [4.78, 5) is 18.3. The first kappa shape index (κ1) is 12.1. The Bertz CT molecular complexity index is 388. The van der Waals surface area contributed by atoms with Crippen molar-refractivity contribution in [3.63, 3.8) is 0 Å². The van der Waals surface area contributed by atoms with Crippen LogP contribution in [-0.2, 0) is 17.9 Å². The molecule has 94 valence electrons. The fourth-order valence-corrected chi connectivity index (χ4v) is 2.22. The highest BCUT2D eigenvalue weighted by Crippen LogP contribution is 2.15. The number of carbonyl (C=O) groups is 1. The molecule has 1 aliphatic heterocycles. The number of rotatable bonds is 4. The van der Waals surface area contributed by atoms with E-state index in [9.17, 15) is 4.79 Å². The van der Waals surface area contributed by atoms with Gasteiger partial charge in [0.25, 0.3) is 0 Å². The standard InChI is InChI=1S/C12H20N4O/c1-10(3-2-4-13)12(17)16-8-7-15-6-5-14-11(15)9-16/h5-6,10H,2-4,7-9,13H2,1H3. The van der Waals surface area contributed by atoms with Gasteiger partial charge in [0.05, 0.1) is 6.54 Å². The monoisotopic (exact) mass is 236 g/mol. The molecule has 1 atom stereocenters. The number of nitrogens with two attached hydrogens (primary N) is 1. The molecular formula is C12H20N4O. The SMILES string of the molecule is CC(CCCN)C(=O)N1CCn2ccnc2C1. The van der Waals surface area contributed by atoms with Gasteiger partial charge in [-0.15, -0.1) is 0 Å². The largest absolute Gasteiger partial charge is 0.333 e. The van der Waals surface area contributed by atoms with Gasteiger partial charge in [0.1, 0.15) is 5.82 Å². The number of fused-ring (bicyclic) bond motifs is 1. The van der Waals surface area contributed by atoms with Gasteiger partial charge in [0.2, 0.25) is 5.91 Å². The molecule has 5 nitrogen and oxygen atoms in total. The normalized spacial score (nSPS) is 16.7. The van der Waals surface area contributed by atoms with E-state index in [-0.39, 0.29) is 11.8 Å². The van der Waals surface area contributed by atoms with Crippen LogP contribution < -0.4 is 5.73 Å². The molecule has 0 radical (unpaired) electrons. The van der Waals surface area contributed by atoms with Crippen LogP contribution in [0.5, 0.6) is 0 Å². The average molecular weight is 236 g/mol. The summed E-state index contributed by atoms with van der Waals surface area (Å²) in [5.41, 5.74) is 5.47. The number of hydrogen-bond donors (Lipinski definition) is 1. The van der Waals surface area contributed by atoms with Crippen molar-refractivity contribution in [2.75, 3.05) is 13.1 Å². The van der Waals surface area contributed by atoms with Crippen LogP contribution in [0.1, 0.15) is 25.6 Å². The maximum atomic E-state index is 12.2. The zero-order chi connectivity index (χ0) is 12.3. The van der Waals surface area contributed by atoms with E-state index in [0.29, 0.717) is 13.1 Å². The Morgan fingerprint density at radius 1 is 1.59 bits per heavy atom. The highest BCUT2D eigenvalue weighted by molar-refractivity contribution is 5.78. The maximum absolute atomic E-state index is 12.2. The lowest BCUT2D eigenvalue weighted by Crippen LogP contribution is -2.41. The topological polar surface area (TPSA) is 64.2 Å². The minimum atomic E-state index is 0.0695. The third-order valence-electron chi connectivity index (χ3n) is 3.32. The van der Waals surface area contributed by atoms with Gasteiger partial charge >= 0.3 is 0 Å². The zero-order valence-corrected chi connectivity index (χ0v) is 10.3. The smallest absolute Gasteiger partial charge is 0.225 e. The molecular weight excluding hydrogens is 216 g/mol. The third-order valence-corrected chi connectivity index (χ3v) is 3.32. The Labute approximate surface area is 102 Å². The van der Waals surface area contributed by atoms with Gasteiger partial charge in [-0.25, -0.2) is 4.98 Å². The Balaban J connectivity index is 1.93. The molecule has 2 heterocycles. The second-order valence-electron chi connectivity index (χ2n) is 4.63. The van der Waals surface area contributed by atoms with Crippen molar-refractivity contribution < 1.29 is 4.79 Å². The number of hydrogen-bond acceptors (Lipinski definition) is 3. The van der Waals surface area contributed by atoms with Crippen molar-refractivity contribution in [3.8, 4) is 0 Å². The van der Waals surface area contributed by atoms with E-state index >= 15 is 0 Å². The third kappa shape index (κ3) is 2.66. The van der Waals surface area contributed by atoms with E-state index in [1.54, 1.807) is 6.20 Å². The highest BCUT2D eigenvalue weighted by atomic mass is 16.2. The Morgan fingerprint density at radius 3 is 3.18 bits per heavy atom. The summed E-state index contributed by atoms with van der Waals surface area (Å²) in [5, 5.41) is 0. The number of nitrogens with zero attached hydrogens (tertiary/aromatic N) is 3. The summed E-state index contributed by atoms with van der Waals surface area (Å²) < 4.78 is 2.11. The van der Waals surface area contributed by atoms with E-state index in [1.807, 2.05) is 18.0 Å². The lowest BCUT2D eigenvalue weighted by Gasteiger charge is -2.29. The second-order valence-corrected chi connectivity index (χ2v) is 4.63. The van der Waals surface area contributed by atoms with E-state index in [1.165, 1.54) is 0 Å². The summed E-state index contributed by atoms with van der Waals surface area (Å²) >= 11 is 0. The van der Waals surface area contributed by atoms with E-state index in [4.69, 9.17) is 5.73 Å². The average Bonchev–Trinajstić information content (AvgIpc) is 2.81. The van der Waals surface area contributed by atoms with Gasteiger partial charge in [-0.3, -0.25) is 4.79 Å². The molecule has 0 aromatic carbocycles. The van der Waals surface area contributed by atoms with Crippen molar-refractivity contribution in [1.29, 1.82) is 0 Å². The van der Waals surface area contributed by atoms with Gasteiger partial charge in [-0.05, 0) is 19.4 Å². The summed E-state index contributed by atoms with van der Waals surface area (Å²) in [5.74, 6) is 1.28. The molecule has 2 N–H and O–H groups in total. The Morgan fingerprint density at radius 2 is 2.41 bits per heavy atom. The quantitative estimate of drug-likeness (QED) is 0.832. The van der Waals surface area contributed by atoms with Gasteiger partial charge in [-0.2, -0.15) is 0 Å². The van der Waals surface area contributed by atoms with Crippen molar-refractivity contribution >= 4 is 5.91 Å². The lowest BCUT2D eigenvalue weighted by molar-refractivity contribution is -0.136. The predicted molar refractivity (Wildman–Crippen MR) is 65.1 cm³/mol. The predicted octanol–water partition coefficient (Wildman–Crippen LogP) is 0.600. The molecule has 0 spiro atoms. The van der Waals surface area contributed by atoms with Crippen molar-refractivity contribution in [3.05, 3.63) is 18.2 Å². The minimum Gasteiger partial charge on any atom is -0.333 e. The first-order valence-corrected chi connectivity index (χ1v) is 6.21. The van der Waals surface area contributed by atoms with Gasteiger partial charge in [0.15, 0.2) is 0 Å². The second kappa shape index (κ2) is 5.31. The van der Waals surface area contributed by atoms with E-state index < -0.39 is 0 Å². The summed E-state index contributed by atoms with van der Waals surface area (Å²) in [7, 11) is 0. The van der Waals surface area contributed by atoms with Crippen molar-refractivity contribution in [1.82, 2.24) is 14.5 Å². The van der Waals surface area contributed by atoms with E-state index in [2.05, 4.69) is 9.55 Å². The molecule has 0 saturated heterocycles. The number of imidazole rings is 1. The Hall–Kier alpha value is -1.36. The lowest BCUT2D eigenvalue weighted by atomic mass is 10.0. The Kier molecular flexibility index (Phi) is 3.78. The van der Waals surface area contributed by atoms with Crippen LogP contribution in [0, 0.1) is 5.92 Å². The van der Waals surface area contributed by atoms with Crippen LogP contribution in [0.3, 0.4) is 0 Å². The molecule has 1 aromatic heterocycles. The molecule has 5 heteroatoms.